The van der Waals surface area contributed by atoms with Gasteiger partial charge in [0.05, 0.1) is 0 Å². The molecule has 0 aliphatic rings. The van der Waals surface area contributed by atoms with Crippen molar-refractivity contribution in [1.29, 1.82) is 0 Å². The van der Waals surface area contributed by atoms with Crippen molar-refractivity contribution < 1.29 is 9.00 Å². The Morgan fingerprint density at radius 1 is 1.17 bits per heavy atom. The van der Waals surface area contributed by atoms with E-state index in [4.69, 9.17) is 0 Å². The van der Waals surface area contributed by atoms with Gasteiger partial charge in [0.2, 0.25) is 5.91 Å². The molecule has 0 saturated carbocycles. The lowest BCUT2D eigenvalue weighted by Crippen LogP contribution is -2.16. The number of benzene rings is 1. The van der Waals surface area contributed by atoms with Crippen LogP contribution in [0.25, 0.3) is 0 Å². The summed E-state index contributed by atoms with van der Waals surface area (Å²) in [5.41, 5.74) is 1.13. The molecule has 0 heterocycles. The summed E-state index contributed by atoms with van der Waals surface area (Å²) >= 11 is 0. The number of unbranched alkanes of at least 4 members (excludes halogenated alkanes) is 2. The van der Waals surface area contributed by atoms with Gasteiger partial charge in [0.15, 0.2) is 0 Å². The third-order valence-electron chi connectivity index (χ3n) is 2.73. The highest BCUT2D eigenvalue weighted by atomic mass is 32.2. The van der Waals surface area contributed by atoms with Crippen LogP contribution < -0.4 is 5.32 Å². The second-order valence-electron chi connectivity index (χ2n) is 4.26. The number of rotatable bonds is 8. The standard InChI is InChI=1S/C14H21NO2S/c1-15-14(16)10-6-3-7-11-18(17)12-13-8-4-2-5-9-13/h2,4-5,8-9H,3,6-7,10-12H2,1H3,(H,15,16). The van der Waals surface area contributed by atoms with Crippen LogP contribution in [-0.2, 0) is 21.3 Å². The summed E-state index contributed by atoms with van der Waals surface area (Å²) in [6, 6.07) is 9.91. The second-order valence-corrected chi connectivity index (χ2v) is 5.83. The molecule has 1 atom stereocenters. The smallest absolute Gasteiger partial charge is 0.219 e. The molecule has 18 heavy (non-hydrogen) atoms. The monoisotopic (exact) mass is 267 g/mol. The number of hydrogen-bond donors (Lipinski definition) is 1. The van der Waals surface area contributed by atoms with E-state index in [0.29, 0.717) is 12.2 Å². The lowest BCUT2D eigenvalue weighted by atomic mass is 10.2. The fourth-order valence-corrected chi connectivity index (χ4v) is 2.92. The fraction of sp³-hybridized carbons (Fsp3) is 0.500. The summed E-state index contributed by atoms with van der Waals surface area (Å²) in [5, 5.41) is 2.60. The van der Waals surface area contributed by atoms with Gasteiger partial charge < -0.3 is 5.32 Å². The largest absolute Gasteiger partial charge is 0.359 e. The number of carbonyl (C=O) groups is 1. The molecular formula is C14H21NO2S. The Kier molecular flexibility index (Phi) is 7.34. The van der Waals surface area contributed by atoms with Crippen LogP contribution in [0.1, 0.15) is 31.2 Å². The minimum absolute atomic E-state index is 0.0837. The predicted molar refractivity (Wildman–Crippen MR) is 75.7 cm³/mol. The summed E-state index contributed by atoms with van der Waals surface area (Å²) < 4.78 is 11.8. The van der Waals surface area contributed by atoms with Crippen LogP contribution in [0.3, 0.4) is 0 Å². The molecule has 1 aromatic rings. The average Bonchev–Trinajstić information content (AvgIpc) is 2.39. The van der Waals surface area contributed by atoms with E-state index >= 15 is 0 Å². The molecule has 4 heteroatoms. The Morgan fingerprint density at radius 2 is 1.89 bits per heavy atom. The van der Waals surface area contributed by atoms with Crippen molar-refractivity contribution >= 4 is 16.7 Å². The van der Waals surface area contributed by atoms with Gasteiger partial charge in [-0.15, -0.1) is 0 Å². The van der Waals surface area contributed by atoms with E-state index in [9.17, 15) is 9.00 Å². The summed E-state index contributed by atoms with van der Waals surface area (Å²) in [4.78, 5) is 11.0. The molecule has 0 bridgehead atoms. The molecule has 100 valence electrons. The summed E-state index contributed by atoms with van der Waals surface area (Å²) in [7, 11) is 0.863. The number of hydrogen-bond acceptors (Lipinski definition) is 2. The van der Waals surface area contributed by atoms with Gasteiger partial charge >= 0.3 is 0 Å². The molecular weight excluding hydrogens is 246 g/mol. The van der Waals surface area contributed by atoms with Gasteiger partial charge in [0.25, 0.3) is 0 Å². The zero-order valence-electron chi connectivity index (χ0n) is 10.9. The van der Waals surface area contributed by atoms with Crippen LogP contribution in [0.2, 0.25) is 0 Å². The summed E-state index contributed by atoms with van der Waals surface area (Å²) in [5.74, 6) is 1.44. The molecule has 0 aliphatic carbocycles. The Labute approximate surface area is 111 Å². The molecule has 0 saturated heterocycles. The average molecular weight is 267 g/mol. The molecule has 3 nitrogen and oxygen atoms in total. The second kappa shape index (κ2) is 8.86. The van der Waals surface area contributed by atoms with Crippen molar-refractivity contribution in [2.45, 2.75) is 31.4 Å². The molecule has 1 N–H and O–H groups in total. The predicted octanol–water partition coefficient (Wildman–Crippen LogP) is 2.24. The first-order valence-electron chi connectivity index (χ1n) is 6.32. The quantitative estimate of drug-likeness (QED) is 0.734. The number of carbonyl (C=O) groups excluding carboxylic acids is 1. The molecule has 0 fully saturated rings. The van der Waals surface area contributed by atoms with E-state index in [2.05, 4.69) is 5.32 Å². The lowest BCUT2D eigenvalue weighted by molar-refractivity contribution is -0.120. The summed E-state index contributed by atoms with van der Waals surface area (Å²) in [6.45, 7) is 0. The Balaban J connectivity index is 2.09. The molecule has 0 aromatic heterocycles. The molecule has 1 unspecified atom stereocenters. The van der Waals surface area contributed by atoms with Crippen molar-refractivity contribution in [3.8, 4) is 0 Å². The zero-order chi connectivity index (χ0) is 13.2. The highest BCUT2D eigenvalue weighted by Crippen LogP contribution is 2.06. The first-order valence-corrected chi connectivity index (χ1v) is 7.80. The minimum Gasteiger partial charge on any atom is -0.359 e. The SMILES string of the molecule is CNC(=O)CCCCCS(=O)Cc1ccccc1. The fourth-order valence-electron chi connectivity index (χ4n) is 1.68. The van der Waals surface area contributed by atoms with Crippen LogP contribution in [-0.4, -0.2) is 22.9 Å². The van der Waals surface area contributed by atoms with E-state index < -0.39 is 10.8 Å². The van der Waals surface area contributed by atoms with E-state index in [-0.39, 0.29) is 5.91 Å². The van der Waals surface area contributed by atoms with Crippen molar-refractivity contribution in [1.82, 2.24) is 5.32 Å². The van der Waals surface area contributed by atoms with E-state index in [0.717, 1.165) is 30.6 Å². The van der Waals surface area contributed by atoms with Crippen molar-refractivity contribution in [2.24, 2.45) is 0 Å². The third-order valence-corrected chi connectivity index (χ3v) is 4.12. The van der Waals surface area contributed by atoms with Gasteiger partial charge in [-0.05, 0) is 18.4 Å². The zero-order valence-corrected chi connectivity index (χ0v) is 11.7. The van der Waals surface area contributed by atoms with E-state index in [1.54, 1.807) is 7.05 Å². The van der Waals surface area contributed by atoms with Gasteiger partial charge in [-0.2, -0.15) is 0 Å². The van der Waals surface area contributed by atoms with E-state index in [1.807, 2.05) is 30.3 Å². The van der Waals surface area contributed by atoms with Gasteiger partial charge in [-0.3, -0.25) is 9.00 Å². The third kappa shape index (κ3) is 6.55. The van der Waals surface area contributed by atoms with Gasteiger partial charge in [0.1, 0.15) is 0 Å². The summed E-state index contributed by atoms with van der Waals surface area (Å²) in [6.07, 6.45) is 3.34. The molecule has 0 aliphatic heterocycles. The highest BCUT2D eigenvalue weighted by Gasteiger charge is 2.02. The number of amides is 1. The Morgan fingerprint density at radius 3 is 2.56 bits per heavy atom. The van der Waals surface area contributed by atoms with Crippen molar-refractivity contribution in [3.05, 3.63) is 35.9 Å². The molecule has 1 amide bonds. The molecule has 0 radical (unpaired) electrons. The highest BCUT2D eigenvalue weighted by molar-refractivity contribution is 7.84. The van der Waals surface area contributed by atoms with Crippen molar-refractivity contribution in [3.63, 3.8) is 0 Å². The van der Waals surface area contributed by atoms with Gasteiger partial charge in [-0.25, -0.2) is 0 Å². The molecule has 1 aromatic carbocycles. The Bertz CT molecular complexity index is 379. The molecule has 0 spiro atoms. The van der Waals surface area contributed by atoms with Crippen LogP contribution in [0.5, 0.6) is 0 Å². The van der Waals surface area contributed by atoms with Crippen LogP contribution in [0.4, 0.5) is 0 Å². The molecule has 1 rings (SSSR count). The van der Waals surface area contributed by atoms with Gasteiger partial charge in [0, 0.05) is 35.8 Å². The number of nitrogens with one attached hydrogen (secondary N) is 1. The van der Waals surface area contributed by atoms with E-state index in [1.165, 1.54) is 0 Å². The van der Waals surface area contributed by atoms with Gasteiger partial charge in [-0.1, -0.05) is 36.8 Å². The van der Waals surface area contributed by atoms with Crippen LogP contribution >= 0.6 is 0 Å². The van der Waals surface area contributed by atoms with Crippen LogP contribution in [0.15, 0.2) is 30.3 Å². The van der Waals surface area contributed by atoms with Crippen molar-refractivity contribution in [2.75, 3.05) is 12.8 Å². The maximum absolute atomic E-state index is 11.8. The minimum atomic E-state index is -0.788. The topological polar surface area (TPSA) is 46.2 Å². The maximum Gasteiger partial charge on any atom is 0.219 e. The van der Waals surface area contributed by atoms with Crippen LogP contribution in [0, 0.1) is 0 Å². The lowest BCUT2D eigenvalue weighted by Gasteiger charge is -2.03. The maximum atomic E-state index is 11.8. The first kappa shape index (κ1) is 14.9. The Hall–Kier alpha value is -1.16. The first-order chi connectivity index (χ1) is 8.72. The normalized spacial score (nSPS) is 12.1.